The van der Waals surface area contributed by atoms with E-state index >= 15 is 0 Å². The topological polar surface area (TPSA) is 103 Å². The monoisotopic (exact) mass is 376 g/mol. The number of carbonyl (C=O) groups excluding carboxylic acids is 3. The minimum atomic E-state index is -0.142. The fourth-order valence-corrected chi connectivity index (χ4v) is 1.57. The van der Waals surface area contributed by atoms with Crippen LogP contribution >= 0.6 is 0 Å². The highest BCUT2D eigenvalue weighted by molar-refractivity contribution is 5.77. The third-order valence-corrected chi connectivity index (χ3v) is 2.70. The first-order chi connectivity index (χ1) is 12.4. The van der Waals surface area contributed by atoms with Crippen molar-refractivity contribution in [3.8, 4) is 0 Å². The van der Waals surface area contributed by atoms with Gasteiger partial charge in [-0.1, -0.05) is 13.8 Å². The van der Waals surface area contributed by atoms with E-state index in [0.717, 1.165) is 0 Å². The number of hydrogen-bond acceptors (Lipinski definition) is 6. The van der Waals surface area contributed by atoms with Gasteiger partial charge in [0.25, 0.3) is 0 Å². The smallest absolute Gasteiger partial charge is 0.222 e. The van der Waals surface area contributed by atoms with Gasteiger partial charge in [-0.15, -0.1) is 0 Å². The van der Waals surface area contributed by atoms with Crippen LogP contribution in [0.25, 0.3) is 0 Å². The lowest BCUT2D eigenvalue weighted by Crippen LogP contribution is -2.30. The number of hydrogen-bond donors (Lipinski definition) is 2. The van der Waals surface area contributed by atoms with Crippen LogP contribution in [0.1, 0.15) is 47.5 Å². The molecule has 154 valence electrons. The zero-order chi connectivity index (χ0) is 20.2. The molecule has 0 aromatic rings. The van der Waals surface area contributed by atoms with Crippen LogP contribution in [-0.4, -0.2) is 69.8 Å². The van der Waals surface area contributed by atoms with Gasteiger partial charge >= 0.3 is 0 Å². The van der Waals surface area contributed by atoms with E-state index < -0.39 is 0 Å². The number of ether oxygens (including phenoxy) is 3. The van der Waals surface area contributed by atoms with Crippen molar-refractivity contribution in [1.82, 2.24) is 10.6 Å². The molecule has 2 amide bonds. The van der Waals surface area contributed by atoms with Crippen molar-refractivity contribution in [1.29, 1.82) is 0 Å². The van der Waals surface area contributed by atoms with E-state index in [0.29, 0.717) is 39.3 Å². The predicted octanol–water partition coefficient (Wildman–Crippen LogP) is 1.07. The SMILES string of the molecule is CC.CC(=O)COCCNC(=O)CCOCCNC(=O)CCOC(C)C. The van der Waals surface area contributed by atoms with Gasteiger partial charge in [0.05, 0.1) is 32.5 Å². The molecule has 0 rings (SSSR count). The molecule has 0 spiro atoms. The molecule has 0 aromatic carbocycles. The lowest BCUT2D eigenvalue weighted by atomic mass is 10.4. The fourth-order valence-electron chi connectivity index (χ4n) is 1.57. The Bertz CT molecular complexity index is 375. The minimum Gasteiger partial charge on any atom is -0.379 e. The summed E-state index contributed by atoms with van der Waals surface area (Å²) in [5.41, 5.74) is 0. The Morgan fingerprint density at radius 2 is 1.31 bits per heavy atom. The molecule has 0 aliphatic carbocycles. The number of nitrogens with one attached hydrogen (secondary N) is 2. The van der Waals surface area contributed by atoms with E-state index in [1.165, 1.54) is 6.92 Å². The summed E-state index contributed by atoms with van der Waals surface area (Å²) >= 11 is 0. The van der Waals surface area contributed by atoms with E-state index in [9.17, 15) is 14.4 Å². The first kappa shape index (κ1) is 26.7. The Kier molecular flexibility index (Phi) is 20.4. The van der Waals surface area contributed by atoms with Crippen molar-refractivity contribution in [3.63, 3.8) is 0 Å². The van der Waals surface area contributed by atoms with Crippen molar-refractivity contribution in [2.45, 2.75) is 53.6 Å². The van der Waals surface area contributed by atoms with Crippen LogP contribution in [0.4, 0.5) is 0 Å². The average Bonchev–Trinajstić information content (AvgIpc) is 2.58. The molecule has 0 aromatic heterocycles. The highest BCUT2D eigenvalue weighted by Gasteiger charge is 2.03. The molecule has 0 heterocycles. The molecule has 0 radical (unpaired) electrons. The molecule has 0 aliphatic heterocycles. The van der Waals surface area contributed by atoms with Gasteiger partial charge in [-0.25, -0.2) is 0 Å². The van der Waals surface area contributed by atoms with Crippen LogP contribution < -0.4 is 10.6 Å². The average molecular weight is 376 g/mol. The Morgan fingerprint density at radius 1 is 0.808 bits per heavy atom. The van der Waals surface area contributed by atoms with Crippen LogP contribution in [-0.2, 0) is 28.6 Å². The third kappa shape index (κ3) is 22.5. The lowest BCUT2D eigenvalue weighted by Gasteiger charge is -2.09. The molecule has 8 heteroatoms. The number of carbonyl (C=O) groups is 3. The van der Waals surface area contributed by atoms with Gasteiger partial charge in [0, 0.05) is 25.9 Å². The first-order valence-electron chi connectivity index (χ1n) is 9.21. The largest absolute Gasteiger partial charge is 0.379 e. The van der Waals surface area contributed by atoms with Crippen LogP contribution in [0.3, 0.4) is 0 Å². The summed E-state index contributed by atoms with van der Waals surface area (Å²) in [4.78, 5) is 33.5. The molecular weight excluding hydrogens is 340 g/mol. The van der Waals surface area contributed by atoms with E-state index in [1.807, 2.05) is 27.7 Å². The third-order valence-electron chi connectivity index (χ3n) is 2.70. The maximum atomic E-state index is 11.5. The zero-order valence-corrected chi connectivity index (χ0v) is 16.9. The van der Waals surface area contributed by atoms with Gasteiger partial charge in [-0.3, -0.25) is 14.4 Å². The van der Waals surface area contributed by atoms with Crippen molar-refractivity contribution < 1.29 is 28.6 Å². The molecule has 0 atom stereocenters. The van der Waals surface area contributed by atoms with Gasteiger partial charge in [-0.2, -0.15) is 0 Å². The molecule has 2 N–H and O–H groups in total. The summed E-state index contributed by atoms with van der Waals surface area (Å²) in [6, 6.07) is 0. The Balaban J connectivity index is 0. The van der Waals surface area contributed by atoms with Crippen molar-refractivity contribution in [2.24, 2.45) is 0 Å². The predicted molar refractivity (Wildman–Crippen MR) is 100 cm³/mol. The molecular formula is C18H36N2O6. The fraction of sp³-hybridized carbons (Fsp3) is 0.833. The van der Waals surface area contributed by atoms with Crippen molar-refractivity contribution >= 4 is 17.6 Å². The van der Waals surface area contributed by atoms with Crippen molar-refractivity contribution in [2.75, 3.05) is 46.1 Å². The summed E-state index contributed by atoms with van der Waals surface area (Å²) in [6.07, 6.45) is 0.683. The second-order valence-electron chi connectivity index (χ2n) is 5.49. The maximum absolute atomic E-state index is 11.5. The van der Waals surface area contributed by atoms with Gasteiger partial charge in [0.15, 0.2) is 5.78 Å². The molecule has 0 fully saturated rings. The zero-order valence-electron chi connectivity index (χ0n) is 16.9. The summed E-state index contributed by atoms with van der Waals surface area (Å²) in [7, 11) is 0. The number of Topliss-reactive ketones (excluding diaryl/α,β-unsaturated/α-hetero) is 1. The molecule has 0 aliphatic rings. The maximum Gasteiger partial charge on any atom is 0.222 e. The quantitative estimate of drug-likeness (QED) is 0.415. The van der Waals surface area contributed by atoms with Crippen LogP contribution in [0, 0.1) is 0 Å². The normalized spacial score (nSPS) is 10.1. The van der Waals surface area contributed by atoms with Gasteiger partial charge < -0.3 is 24.8 Å². The van der Waals surface area contributed by atoms with Gasteiger partial charge in [0.1, 0.15) is 6.61 Å². The van der Waals surface area contributed by atoms with Crippen LogP contribution in [0.5, 0.6) is 0 Å². The van der Waals surface area contributed by atoms with E-state index in [2.05, 4.69) is 10.6 Å². The minimum absolute atomic E-state index is 0.0470. The Labute approximate surface area is 157 Å². The molecule has 0 unspecified atom stereocenters. The molecule has 0 bridgehead atoms. The molecule has 0 saturated heterocycles. The Hall–Kier alpha value is -1.51. The van der Waals surface area contributed by atoms with E-state index in [4.69, 9.17) is 14.2 Å². The highest BCUT2D eigenvalue weighted by Crippen LogP contribution is 1.90. The van der Waals surface area contributed by atoms with Crippen LogP contribution in [0.15, 0.2) is 0 Å². The van der Waals surface area contributed by atoms with Gasteiger partial charge in [-0.05, 0) is 20.8 Å². The summed E-state index contributed by atoms with van der Waals surface area (Å²) < 4.78 is 15.6. The standard InChI is InChI=1S/C16H30N2O6.C2H6/c1-13(2)24-9-5-16(21)17-6-10-22-8-4-15(20)18-7-11-23-12-14(3)19;1-2/h13H,4-12H2,1-3H3,(H,17,21)(H,18,20);1-2H3. The van der Waals surface area contributed by atoms with E-state index in [-0.39, 0.29) is 43.3 Å². The number of amides is 2. The summed E-state index contributed by atoms with van der Waals surface area (Å²) in [5, 5.41) is 5.37. The number of rotatable bonds is 15. The second-order valence-corrected chi connectivity index (χ2v) is 5.49. The van der Waals surface area contributed by atoms with Gasteiger partial charge in [0.2, 0.25) is 11.8 Å². The first-order valence-corrected chi connectivity index (χ1v) is 9.21. The molecule has 0 saturated carbocycles. The lowest BCUT2D eigenvalue weighted by molar-refractivity contribution is -0.124. The summed E-state index contributed by atoms with van der Waals surface area (Å²) in [6.45, 7) is 11.5. The van der Waals surface area contributed by atoms with Crippen LogP contribution in [0.2, 0.25) is 0 Å². The Morgan fingerprint density at radius 3 is 1.81 bits per heavy atom. The number of ketones is 1. The van der Waals surface area contributed by atoms with E-state index in [1.54, 1.807) is 0 Å². The second kappa shape index (κ2) is 19.8. The summed E-state index contributed by atoms with van der Waals surface area (Å²) in [5.74, 6) is -0.270. The molecule has 26 heavy (non-hydrogen) atoms. The molecule has 8 nitrogen and oxygen atoms in total. The highest BCUT2D eigenvalue weighted by atomic mass is 16.5. The van der Waals surface area contributed by atoms with Crippen molar-refractivity contribution in [3.05, 3.63) is 0 Å².